The van der Waals surface area contributed by atoms with Gasteiger partial charge in [-0.05, 0) is 0 Å². The van der Waals surface area contributed by atoms with Crippen molar-refractivity contribution in [1.29, 1.82) is 0 Å². The summed E-state index contributed by atoms with van der Waals surface area (Å²) < 4.78 is 14.7. The molecule has 51 heavy (non-hydrogen) atoms. The molecule has 0 aromatic heterocycles. The van der Waals surface area contributed by atoms with Crippen LogP contribution in [0.4, 0.5) is 0 Å². The summed E-state index contributed by atoms with van der Waals surface area (Å²) >= 11 is 0. The molecular formula is C21H12B6N6O18. The third-order valence-corrected chi connectivity index (χ3v) is 5.12. The first-order valence-electron chi connectivity index (χ1n) is 12.7. The van der Waals surface area contributed by atoms with E-state index in [0.29, 0.717) is 18.2 Å². The summed E-state index contributed by atoms with van der Waals surface area (Å²) in [4.78, 5) is 136. The van der Waals surface area contributed by atoms with Gasteiger partial charge in [-0.1, -0.05) is 0 Å². The molecule has 0 bridgehead atoms. The summed E-state index contributed by atoms with van der Waals surface area (Å²) in [5.41, 5.74) is -2.53. The van der Waals surface area contributed by atoms with Gasteiger partial charge in [-0.3, -0.25) is 0 Å². The van der Waals surface area contributed by atoms with Crippen molar-refractivity contribution >= 4 is 99.6 Å². The quantitative estimate of drug-likeness (QED) is 0.0544. The van der Waals surface area contributed by atoms with Gasteiger partial charge in [0.15, 0.2) is 0 Å². The zero-order valence-corrected chi connectivity index (χ0v) is 25.1. The number of ether oxygens (including phenoxy) is 3. The Bertz CT molecular complexity index is 1450. The molecule has 6 radical (unpaired) electrons. The second kappa shape index (κ2) is 22.3. The molecule has 0 saturated heterocycles. The molecule has 1 aromatic carbocycles. The van der Waals surface area contributed by atoms with Crippen LogP contribution in [0.25, 0.3) is 0 Å². The third-order valence-electron chi connectivity index (χ3n) is 5.12. The Hall–Kier alpha value is -6.36. The molecule has 0 heterocycles. The van der Waals surface area contributed by atoms with Gasteiger partial charge in [0.05, 0.1) is 0 Å². The molecule has 24 nitrogen and oxygen atoms in total. The van der Waals surface area contributed by atoms with Crippen LogP contribution in [-0.2, 0) is 72.0 Å². The summed E-state index contributed by atoms with van der Waals surface area (Å²) in [5, 5.41) is 15.5. The zero-order valence-electron chi connectivity index (χ0n) is 25.1. The molecular weight excluding hydrogens is 689 g/mol. The van der Waals surface area contributed by atoms with E-state index in [4.69, 9.17) is 60.0 Å². The maximum absolute atomic E-state index is 13.2. The zero-order chi connectivity index (χ0) is 38.5. The van der Waals surface area contributed by atoms with E-state index in [1.165, 1.54) is 0 Å². The van der Waals surface area contributed by atoms with Gasteiger partial charge in [0.25, 0.3) is 0 Å². The number of rotatable bonds is 21. The molecule has 0 fully saturated rings. The first-order valence-corrected chi connectivity index (χ1v) is 12.7. The molecule has 0 aliphatic rings. The van der Waals surface area contributed by atoms with Crippen molar-refractivity contribution < 1.29 is 86.4 Å². The number of carbonyl (C=O) groups excluding carboxylic acids is 9. The van der Waals surface area contributed by atoms with Gasteiger partial charge in [0.2, 0.25) is 0 Å². The van der Waals surface area contributed by atoms with Crippen molar-refractivity contribution in [2.45, 2.75) is 37.6 Å². The number of nitrogens with zero attached hydrogens (tertiary/aromatic N) is 6. The molecule has 1 aromatic rings. The van der Waals surface area contributed by atoms with E-state index in [2.05, 4.69) is 59.4 Å². The predicted molar refractivity (Wildman–Crippen MR) is 154 cm³/mol. The molecule has 1 rings (SSSR count). The Morgan fingerprint density at radius 2 is 0.627 bits per heavy atom. The molecule has 30 heteroatoms. The van der Waals surface area contributed by atoms with Crippen LogP contribution in [0.15, 0.2) is 48.6 Å². The van der Waals surface area contributed by atoms with Crippen LogP contribution in [0.1, 0.15) is 50.3 Å². The monoisotopic (exact) mass is 702 g/mol. The summed E-state index contributed by atoms with van der Waals surface area (Å²) in [5.74, 6) is -13.6. The standard InChI is InChI=1S/C21H12B6N6O18/c22-28-46-13(34)4-10(19(40)49-31-25)43-16(37)7-1-8(17(38)44-11(20(41)50-32-26)5-14(35)47-29-23)3-9(2-7)18(39)45-12(21(42)51-33-27)6-15(36)48-30-24/h1-3,10-12H,4-6H2. The van der Waals surface area contributed by atoms with Gasteiger partial charge >= 0.3 is 289 Å². The molecule has 252 valence electrons. The van der Waals surface area contributed by atoms with Crippen LogP contribution < -0.4 is 0 Å². The van der Waals surface area contributed by atoms with Crippen LogP contribution in [-0.4, -0.2) is 118 Å². The van der Waals surface area contributed by atoms with E-state index in [0.717, 1.165) is 0 Å². The second-order valence-electron chi connectivity index (χ2n) is 8.35. The van der Waals surface area contributed by atoms with Gasteiger partial charge in [0.1, 0.15) is 0 Å². The Morgan fingerprint density at radius 1 is 0.412 bits per heavy atom. The fraction of sp³-hybridized carbons (Fsp3) is 0.286. The topological polar surface area (TPSA) is 311 Å². The Kier molecular flexibility index (Phi) is 18.7. The predicted octanol–water partition coefficient (Wildman–Crippen LogP) is -2.71. The molecule has 0 aliphatic heterocycles. The number of carbonyl (C=O) groups is 9. The third kappa shape index (κ3) is 14.7. The van der Waals surface area contributed by atoms with Crippen molar-refractivity contribution in [3.05, 3.63) is 34.9 Å². The summed E-state index contributed by atoms with van der Waals surface area (Å²) in [6.07, 6.45) is -9.91. The van der Waals surface area contributed by atoms with Crippen molar-refractivity contribution in [2.24, 2.45) is 30.4 Å². The van der Waals surface area contributed by atoms with Crippen molar-refractivity contribution in [2.75, 3.05) is 0 Å². The molecule has 3 atom stereocenters. The van der Waals surface area contributed by atoms with E-state index in [1.54, 1.807) is 0 Å². The van der Waals surface area contributed by atoms with Gasteiger partial charge in [-0.25, -0.2) is 0 Å². The molecule has 0 amide bonds. The van der Waals surface area contributed by atoms with E-state index in [-0.39, 0.29) is 0 Å². The first-order chi connectivity index (χ1) is 24.2. The Morgan fingerprint density at radius 3 is 0.824 bits per heavy atom. The van der Waals surface area contributed by atoms with Crippen molar-refractivity contribution in [1.82, 2.24) is 0 Å². The van der Waals surface area contributed by atoms with Crippen LogP contribution in [0.2, 0.25) is 0 Å². The van der Waals surface area contributed by atoms with Crippen LogP contribution >= 0.6 is 0 Å². The van der Waals surface area contributed by atoms with Crippen LogP contribution in [0, 0.1) is 0 Å². The molecule has 0 spiro atoms. The molecule has 3 unspecified atom stereocenters. The van der Waals surface area contributed by atoms with E-state index in [1.807, 2.05) is 0 Å². The SMILES string of the molecule is [B]=NOC(=O)CC(OC(=O)c1cc(C(=O)OC(CC(=O)ON=[B])C(=O)ON=[B])cc(C(=O)OC(CC(=O)ON=[B])C(=O)ON=[B])c1)C(=O)ON=[B]. The Balaban J connectivity index is 3.73. The first kappa shape index (κ1) is 42.7. The van der Waals surface area contributed by atoms with Crippen molar-refractivity contribution in [3.63, 3.8) is 0 Å². The number of hydrogen-bond donors (Lipinski definition) is 0. The van der Waals surface area contributed by atoms with E-state index < -0.39 is 108 Å². The maximum atomic E-state index is 13.2. The number of benzene rings is 1. The van der Waals surface area contributed by atoms with E-state index >= 15 is 0 Å². The molecule has 0 N–H and O–H groups in total. The van der Waals surface area contributed by atoms with Gasteiger partial charge < -0.3 is 0 Å². The van der Waals surface area contributed by atoms with E-state index in [9.17, 15) is 43.2 Å². The summed E-state index contributed by atoms with van der Waals surface area (Å²) in [6.45, 7) is 0. The summed E-state index contributed by atoms with van der Waals surface area (Å²) in [7, 11) is 28.5. The van der Waals surface area contributed by atoms with Gasteiger partial charge in [0, 0.05) is 0 Å². The van der Waals surface area contributed by atoms with Gasteiger partial charge in [-0.2, -0.15) is 0 Å². The fourth-order valence-corrected chi connectivity index (χ4v) is 3.17. The molecule has 0 aliphatic carbocycles. The number of esters is 3. The van der Waals surface area contributed by atoms with Gasteiger partial charge in [-0.15, -0.1) is 0 Å². The minimum absolute atomic E-state index is 0.618. The Labute approximate surface area is 288 Å². The van der Waals surface area contributed by atoms with Crippen molar-refractivity contribution in [3.8, 4) is 0 Å². The van der Waals surface area contributed by atoms with Crippen LogP contribution in [0.5, 0.6) is 0 Å². The average Bonchev–Trinajstić information content (AvgIpc) is 3.07. The van der Waals surface area contributed by atoms with Crippen LogP contribution in [0.3, 0.4) is 0 Å². The minimum atomic E-state index is -2.19. The number of hydrogen-bond acceptors (Lipinski definition) is 24. The second-order valence-corrected chi connectivity index (χ2v) is 8.35. The normalized spacial score (nSPS) is 11.4. The molecule has 0 saturated carbocycles. The summed E-state index contributed by atoms with van der Waals surface area (Å²) in [6, 6.07) is 1.85. The fourth-order valence-electron chi connectivity index (χ4n) is 3.17. The average molecular weight is 701 g/mol.